The van der Waals surface area contributed by atoms with Crippen molar-refractivity contribution in [1.29, 1.82) is 0 Å². The summed E-state index contributed by atoms with van der Waals surface area (Å²) in [6.07, 6.45) is 1.63. The maximum Gasteiger partial charge on any atom is 0.327 e. The highest BCUT2D eigenvalue weighted by Gasteiger charge is 2.26. The third-order valence-electron chi connectivity index (χ3n) is 5.00. The lowest BCUT2D eigenvalue weighted by Gasteiger charge is -2.20. The second-order valence-electron chi connectivity index (χ2n) is 7.59. The molecule has 34 heavy (non-hydrogen) atoms. The van der Waals surface area contributed by atoms with Gasteiger partial charge in [-0.05, 0) is 24.5 Å². The van der Waals surface area contributed by atoms with Crippen LogP contribution >= 0.6 is 12.6 Å². The predicted octanol–water partition coefficient (Wildman–Crippen LogP) is -1.60. The zero-order valence-electron chi connectivity index (χ0n) is 18.2. The normalized spacial score (nSPS) is 13.5. The first-order valence-corrected chi connectivity index (χ1v) is 11.1. The highest BCUT2D eigenvalue weighted by atomic mass is 32.1. The number of aromatic amines is 1. The van der Waals surface area contributed by atoms with Crippen LogP contribution in [0.2, 0.25) is 0 Å². The summed E-state index contributed by atoms with van der Waals surface area (Å²) in [5.74, 6) is -4.30. The lowest BCUT2D eigenvalue weighted by atomic mass is 10.1. The monoisotopic (exact) mass is 492 g/mol. The molecule has 0 saturated carbocycles. The molecule has 12 nitrogen and oxygen atoms in total. The molecule has 1 aromatic heterocycles. The molecular formula is C21H28N6O6S. The van der Waals surface area contributed by atoms with Crippen molar-refractivity contribution in [2.24, 2.45) is 11.5 Å². The number of carbonyl (C=O) groups excluding carboxylic acids is 4. The van der Waals surface area contributed by atoms with Crippen LogP contribution in [0.4, 0.5) is 0 Å². The Morgan fingerprint density at radius 3 is 2.41 bits per heavy atom. The predicted molar refractivity (Wildman–Crippen MR) is 127 cm³/mol. The van der Waals surface area contributed by atoms with E-state index < -0.39 is 54.3 Å². The number of carbonyl (C=O) groups is 5. The number of primary amides is 1. The zero-order chi connectivity index (χ0) is 25.3. The maximum absolute atomic E-state index is 12.4. The summed E-state index contributed by atoms with van der Waals surface area (Å²) in [7, 11) is 0. The van der Waals surface area contributed by atoms with Gasteiger partial charge in [-0.15, -0.1) is 0 Å². The summed E-state index contributed by atoms with van der Waals surface area (Å²) in [5.41, 5.74) is 12.8. The van der Waals surface area contributed by atoms with E-state index in [-0.39, 0.29) is 25.0 Å². The van der Waals surface area contributed by atoms with Crippen molar-refractivity contribution in [2.45, 2.75) is 37.4 Å². The van der Waals surface area contributed by atoms with E-state index >= 15 is 0 Å². The Hall–Kier alpha value is -3.58. The number of fused-ring (bicyclic) bond motifs is 1. The van der Waals surface area contributed by atoms with Gasteiger partial charge < -0.3 is 37.5 Å². The van der Waals surface area contributed by atoms with E-state index in [2.05, 4.69) is 33.6 Å². The number of thiol groups is 1. The molecule has 3 atom stereocenters. The van der Waals surface area contributed by atoms with Gasteiger partial charge in [-0.1, -0.05) is 18.2 Å². The van der Waals surface area contributed by atoms with Gasteiger partial charge in [-0.25, -0.2) is 4.79 Å². The van der Waals surface area contributed by atoms with Crippen molar-refractivity contribution >= 4 is 53.1 Å². The number of para-hydroxylation sites is 1. The third-order valence-corrected chi connectivity index (χ3v) is 5.37. The van der Waals surface area contributed by atoms with Crippen LogP contribution in [0.15, 0.2) is 30.5 Å². The van der Waals surface area contributed by atoms with E-state index in [9.17, 15) is 24.0 Å². The molecule has 0 aliphatic heterocycles. The Labute approximate surface area is 200 Å². The number of nitrogens with two attached hydrogens (primary N) is 2. The molecule has 0 bridgehead atoms. The first-order valence-electron chi connectivity index (χ1n) is 10.4. The zero-order valence-corrected chi connectivity index (χ0v) is 19.1. The number of aromatic nitrogens is 1. The molecular weight excluding hydrogens is 464 g/mol. The summed E-state index contributed by atoms with van der Waals surface area (Å²) in [5, 5.41) is 17.0. The van der Waals surface area contributed by atoms with E-state index in [0.717, 1.165) is 16.5 Å². The molecule has 184 valence electrons. The van der Waals surface area contributed by atoms with Crippen molar-refractivity contribution in [3.63, 3.8) is 0 Å². The molecule has 0 spiro atoms. The topological polar surface area (TPSA) is 209 Å². The average molecular weight is 493 g/mol. The van der Waals surface area contributed by atoms with Crippen LogP contribution in [0, 0.1) is 0 Å². The number of benzene rings is 1. The number of carboxylic acid groups (broad SMARTS) is 1. The van der Waals surface area contributed by atoms with Gasteiger partial charge in [-0.3, -0.25) is 19.2 Å². The Morgan fingerprint density at radius 1 is 1.06 bits per heavy atom. The molecule has 0 aliphatic carbocycles. The number of hydrogen-bond donors (Lipinski definition) is 8. The summed E-state index contributed by atoms with van der Waals surface area (Å²) < 4.78 is 0. The van der Waals surface area contributed by atoms with Crippen LogP contribution in [0.5, 0.6) is 0 Å². The van der Waals surface area contributed by atoms with Gasteiger partial charge in [0.2, 0.25) is 23.6 Å². The fourth-order valence-corrected chi connectivity index (χ4v) is 3.43. The van der Waals surface area contributed by atoms with Gasteiger partial charge in [0.25, 0.3) is 0 Å². The molecule has 1 heterocycles. The number of nitrogens with one attached hydrogen (secondary N) is 4. The van der Waals surface area contributed by atoms with Gasteiger partial charge in [-0.2, -0.15) is 12.6 Å². The second-order valence-corrected chi connectivity index (χ2v) is 7.96. The number of amides is 4. The molecule has 13 heteroatoms. The molecule has 1 aromatic carbocycles. The Morgan fingerprint density at radius 2 is 1.76 bits per heavy atom. The Bertz CT molecular complexity index is 1060. The van der Waals surface area contributed by atoms with Crippen LogP contribution in [0.25, 0.3) is 10.9 Å². The highest BCUT2D eigenvalue weighted by molar-refractivity contribution is 7.80. The van der Waals surface area contributed by atoms with Crippen molar-refractivity contribution in [3.8, 4) is 0 Å². The minimum absolute atomic E-state index is 0.153. The summed E-state index contributed by atoms with van der Waals surface area (Å²) in [6, 6.07) is 4.10. The third kappa shape index (κ3) is 7.78. The van der Waals surface area contributed by atoms with Gasteiger partial charge in [0, 0.05) is 29.3 Å². The minimum atomic E-state index is -1.31. The van der Waals surface area contributed by atoms with Crippen molar-refractivity contribution in [3.05, 3.63) is 36.0 Å². The lowest BCUT2D eigenvalue weighted by Crippen LogP contribution is -2.54. The molecule has 9 N–H and O–H groups in total. The van der Waals surface area contributed by atoms with Gasteiger partial charge >= 0.3 is 5.97 Å². The van der Waals surface area contributed by atoms with Crippen LogP contribution in [-0.4, -0.2) is 70.1 Å². The van der Waals surface area contributed by atoms with E-state index in [4.69, 9.17) is 16.6 Å². The number of H-pyrrole nitrogens is 1. The largest absolute Gasteiger partial charge is 0.480 e. The highest BCUT2D eigenvalue weighted by Crippen LogP contribution is 2.18. The SMILES string of the molecule is NC(=O)CCC(NC(=O)CNC(=O)C(N)Cc1c[nH]c2ccccc12)C(=O)NC(CS)C(=O)O. The van der Waals surface area contributed by atoms with Gasteiger partial charge in [0.1, 0.15) is 12.1 Å². The molecule has 4 amide bonds. The standard InChI is InChI=1S/C21H28N6O6S/c22-13(7-11-8-24-14-4-2-1-3-12(11)14)19(30)25-9-18(29)26-15(5-6-17(23)28)20(31)27-16(10-34)21(32)33/h1-4,8,13,15-16,24,34H,5-7,9-10,22H2,(H2,23,28)(H,25,30)(H,26,29)(H,27,31)(H,32,33). The fourth-order valence-electron chi connectivity index (χ4n) is 3.19. The smallest absolute Gasteiger partial charge is 0.327 e. The quantitative estimate of drug-likeness (QED) is 0.153. The Balaban J connectivity index is 1.91. The van der Waals surface area contributed by atoms with Crippen LogP contribution in [-0.2, 0) is 30.4 Å². The first-order chi connectivity index (χ1) is 16.1. The van der Waals surface area contributed by atoms with Crippen molar-refractivity contribution in [2.75, 3.05) is 12.3 Å². The molecule has 2 rings (SSSR count). The van der Waals surface area contributed by atoms with E-state index in [1.165, 1.54) is 0 Å². The van der Waals surface area contributed by atoms with Crippen molar-refractivity contribution in [1.82, 2.24) is 20.9 Å². The number of carboxylic acids is 1. The molecule has 3 unspecified atom stereocenters. The number of aliphatic carboxylic acids is 1. The Kier molecular flexibility index (Phi) is 9.89. The van der Waals surface area contributed by atoms with E-state index in [1.54, 1.807) is 6.20 Å². The number of hydrogen-bond acceptors (Lipinski definition) is 7. The number of rotatable bonds is 13. The van der Waals surface area contributed by atoms with Crippen LogP contribution in [0.3, 0.4) is 0 Å². The summed E-state index contributed by atoms with van der Waals surface area (Å²) in [4.78, 5) is 62.4. The summed E-state index contributed by atoms with van der Waals surface area (Å²) >= 11 is 3.86. The van der Waals surface area contributed by atoms with Crippen LogP contribution < -0.4 is 27.4 Å². The van der Waals surface area contributed by atoms with Gasteiger partial charge in [0.05, 0.1) is 12.6 Å². The molecule has 0 radical (unpaired) electrons. The lowest BCUT2D eigenvalue weighted by molar-refractivity contribution is -0.141. The fraction of sp³-hybridized carbons (Fsp3) is 0.381. The molecule has 2 aromatic rings. The first kappa shape index (κ1) is 26.7. The molecule has 0 aliphatic rings. The second kappa shape index (κ2) is 12.6. The molecule has 0 saturated heterocycles. The van der Waals surface area contributed by atoms with Gasteiger partial charge in [0.15, 0.2) is 0 Å². The van der Waals surface area contributed by atoms with E-state index in [1.807, 2.05) is 24.3 Å². The maximum atomic E-state index is 12.4. The van der Waals surface area contributed by atoms with E-state index in [0.29, 0.717) is 0 Å². The average Bonchev–Trinajstić information content (AvgIpc) is 3.20. The molecule has 0 fully saturated rings. The summed E-state index contributed by atoms with van der Waals surface area (Å²) in [6.45, 7) is -0.476. The van der Waals surface area contributed by atoms with Crippen molar-refractivity contribution < 1.29 is 29.1 Å². The minimum Gasteiger partial charge on any atom is -0.480 e. The van der Waals surface area contributed by atoms with Crippen LogP contribution in [0.1, 0.15) is 18.4 Å².